The van der Waals surface area contributed by atoms with Gasteiger partial charge >= 0.3 is 5.97 Å². The highest BCUT2D eigenvalue weighted by molar-refractivity contribution is 5.93. The van der Waals surface area contributed by atoms with Crippen molar-refractivity contribution in [3.8, 4) is 0 Å². The van der Waals surface area contributed by atoms with E-state index in [0.29, 0.717) is 12.0 Å². The molecule has 1 heterocycles. The lowest BCUT2D eigenvalue weighted by molar-refractivity contribution is -0.385. The van der Waals surface area contributed by atoms with E-state index in [-0.39, 0.29) is 11.3 Å². The number of benzene rings is 1. The number of hydrogen-bond acceptors (Lipinski definition) is 4. The van der Waals surface area contributed by atoms with Gasteiger partial charge in [0.15, 0.2) is 0 Å². The van der Waals surface area contributed by atoms with E-state index in [1.54, 1.807) is 6.07 Å². The number of aromatic carboxylic acids is 1. The van der Waals surface area contributed by atoms with Crippen molar-refractivity contribution in [1.29, 1.82) is 0 Å². The van der Waals surface area contributed by atoms with Crippen LogP contribution in [-0.4, -0.2) is 28.6 Å². The first-order chi connectivity index (χ1) is 9.40. The molecular formula is C14H18N2O4. The van der Waals surface area contributed by atoms with Crippen LogP contribution in [-0.2, 0) is 0 Å². The molecule has 0 amide bonds. The zero-order valence-corrected chi connectivity index (χ0v) is 11.6. The quantitative estimate of drug-likeness (QED) is 0.679. The number of anilines is 1. The Kier molecular flexibility index (Phi) is 3.92. The molecule has 0 aromatic heterocycles. The van der Waals surface area contributed by atoms with Gasteiger partial charge < -0.3 is 10.0 Å². The van der Waals surface area contributed by atoms with Gasteiger partial charge in [0.05, 0.1) is 4.92 Å². The highest BCUT2D eigenvalue weighted by Crippen LogP contribution is 2.31. The predicted molar refractivity (Wildman–Crippen MR) is 75.3 cm³/mol. The summed E-state index contributed by atoms with van der Waals surface area (Å²) in [7, 11) is 0. The Balaban J connectivity index is 2.36. The molecule has 0 spiro atoms. The van der Waals surface area contributed by atoms with Crippen molar-refractivity contribution < 1.29 is 14.8 Å². The van der Waals surface area contributed by atoms with Crippen LogP contribution in [0.15, 0.2) is 18.2 Å². The molecule has 1 aromatic carbocycles. The molecule has 6 heteroatoms. The lowest BCUT2D eigenvalue weighted by Crippen LogP contribution is -2.40. The summed E-state index contributed by atoms with van der Waals surface area (Å²) in [6, 6.07) is 4.65. The van der Waals surface area contributed by atoms with Gasteiger partial charge in [-0.25, -0.2) is 4.79 Å². The first kappa shape index (κ1) is 14.3. The minimum atomic E-state index is -1.27. The Bertz CT molecular complexity index is 544. The predicted octanol–water partition coefficient (Wildman–Crippen LogP) is 2.92. The molecule has 0 aliphatic carbocycles. The second-order valence-corrected chi connectivity index (χ2v) is 5.44. The third kappa shape index (κ3) is 2.74. The van der Waals surface area contributed by atoms with Crippen LogP contribution in [0.2, 0.25) is 0 Å². The zero-order valence-electron chi connectivity index (χ0n) is 11.6. The van der Waals surface area contributed by atoms with Crippen LogP contribution in [0, 0.1) is 16.0 Å². The number of nitro benzene ring substituents is 1. The number of nitro groups is 1. The van der Waals surface area contributed by atoms with Crippen LogP contribution < -0.4 is 4.90 Å². The SMILES string of the molecule is CC1CCN(c2ccc(C(=O)O)c([N+](=O)[O-])c2)C(C)C1. The Morgan fingerprint density at radius 3 is 2.70 bits per heavy atom. The summed E-state index contributed by atoms with van der Waals surface area (Å²) < 4.78 is 0. The van der Waals surface area contributed by atoms with Crippen molar-refractivity contribution >= 4 is 17.3 Å². The van der Waals surface area contributed by atoms with Crippen LogP contribution in [0.3, 0.4) is 0 Å². The van der Waals surface area contributed by atoms with E-state index in [1.165, 1.54) is 12.1 Å². The highest BCUT2D eigenvalue weighted by Gasteiger charge is 2.26. The Morgan fingerprint density at radius 1 is 1.45 bits per heavy atom. The molecule has 1 saturated heterocycles. The summed E-state index contributed by atoms with van der Waals surface area (Å²) in [6.45, 7) is 5.13. The van der Waals surface area contributed by atoms with E-state index < -0.39 is 10.9 Å². The normalized spacial score (nSPS) is 22.6. The lowest BCUT2D eigenvalue weighted by Gasteiger charge is -2.38. The maximum Gasteiger partial charge on any atom is 0.342 e. The Labute approximate surface area is 117 Å². The van der Waals surface area contributed by atoms with Gasteiger partial charge in [0.2, 0.25) is 0 Å². The minimum absolute atomic E-state index is 0.267. The standard InChI is InChI=1S/C14H18N2O4/c1-9-5-6-15(10(2)7-9)11-3-4-12(14(17)18)13(8-11)16(19)20/h3-4,8-10H,5-7H2,1-2H3,(H,17,18). The summed E-state index contributed by atoms with van der Waals surface area (Å²) in [6.07, 6.45) is 2.08. The van der Waals surface area contributed by atoms with Gasteiger partial charge in [0.1, 0.15) is 5.56 Å². The minimum Gasteiger partial charge on any atom is -0.477 e. The van der Waals surface area contributed by atoms with Crippen molar-refractivity contribution in [2.75, 3.05) is 11.4 Å². The summed E-state index contributed by atoms with van der Waals surface area (Å²) in [4.78, 5) is 23.5. The fourth-order valence-electron chi connectivity index (χ4n) is 2.82. The fraction of sp³-hybridized carbons (Fsp3) is 0.500. The van der Waals surface area contributed by atoms with Crippen molar-refractivity contribution in [2.45, 2.75) is 32.7 Å². The molecule has 2 atom stereocenters. The van der Waals surface area contributed by atoms with Crippen LogP contribution in [0.5, 0.6) is 0 Å². The number of carboxylic acids is 1. The molecule has 108 valence electrons. The van der Waals surface area contributed by atoms with Crippen molar-refractivity contribution in [1.82, 2.24) is 0 Å². The van der Waals surface area contributed by atoms with Crippen molar-refractivity contribution in [2.24, 2.45) is 5.92 Å². The number of hydrogen-bond donors (Lipinski definition) is 1. The molecule has 1 aromatic rings. The molecule has 0 radical (unpaired) electrons. The Morgan fingerprint density at radius 2 is 2.15 bits per heavy atom. The molecule has 0 bridgehead atoms. The van der Waals surface area contributed by atoms with E-state index in [1.807, 2.05) is 0 Å². The monoisotopic (exact) mass is 278 g/mol. The largest absolute Gasteiger partial charge is 0.477 e. The first-order valence-corrected chi connectivity index (χ1v) is 6.68. The van der Waals surface area contributed by atoms with Gasteiger partial charge in [0, 0.05) is 24.3 Å². The molecule has 1 aliphatic heterocycles. The zero-order chi connectivity index (χ0) is 14.9. The average Bonchev–Trinajstić information content (AvgIpc) is 2.37. The van der Waals surface area contributed by atoms with Gasteiger partial charge in [-0.3, -0.25) is 10.1 Å². The summed E-state index contributed by atoms with van der Waals surface area (Å²) >= 11 is 0. The van der Waals surface area contributed by atoms with Gasteiger partial charge in [-0.15, -0.1) is 0 Å². The Hall–Kier alpha value is -2.11. The molecule has 2 rings (SSSR count). The van der Waals surface area contributed by atoms with Crippen LogP contribution in [0.4, 0.5) is 11.4 Å². The van der Waals surface area contributed by atoms with Gasteiger partial charge in [-0.05, 0) is 37.8 Å². The number of carbonyl (C=O) groups is 1. The highest BCUT2D eigenvalue weighted by atomic mass is 16.6. The third-order valence-electron chi connectivity index (χ3n) is 3.88. The van der Waals surface area contributed by atoms with Crippen LogP contribution >= 0.6 is 0 Å². The summed E-state index contributed by atoms with van der Waals surface area (Å²) in [5.74, 6) is -0.627. The van der Waals surface area contributed by atoms with E-state index in [2.05, 4.69) is 18.7 Å². The summed E-state index contributed by atoms with van der Waals surface area (Å²) in [5.41, 5.74) is 0.110. The van der Waals surface area contributed by atoms with Crippen molar-refractivity contribution in [3.63, 3.8) is 0 Å². The van der Waals surface area contributed by atoms with Crippen LogP contribution in [0.25, 0.3) is 0 Å². The van der Waals surface area contributed by atoms with Gasteiger partial charge in [-0.2, -0.15) is 0 Å². The molecule has 2 unspecified atom stereocenters. The number of carboxylic acid groups (broad SMARTS) is 1. The second-order valence-electron chi connectivity index (χ2n) is 5.44. The average molecular weight is 278 g/mol. The number of nitrogens with zero attached hydrogens (tertiary/aromatic N) is 2. The molecule has 0 saturated carbocycles. The van der Waals surface area contributed by atoms with E-state index in [4.69, 9.17) is 5.11 Å². The lowest BCUT2D eigenvalue weighted by atomic mass is 9.93. The molecule has 6 nitrogen and oxygen atoms in total. The third-order valence-corrected chi connectivity index (χ3v) is 3.88. The van der Waals surface area contributed by atoms with Crippen molar-refractivity contribution in [3.05, 3.63) is 33.9 Å². The maximum absolute atomic E-state index is 11.0. The maximum atomic E-state index is 11.0. The smallest absolute Gasteiger partial charge is 0.342 e. The van der Waals surface area contributed by atoms with Gasteiger partial charge in [-0.1, -0.05) is 6.92 Å². The molecule has 20 heavy (non-hydrogen) atoms. The summed E-state index contributed by atoms with van der Waals surface area (Å²) in [5, 5.41) is 20.0. The van der Waals surface area contributed by atoms with Crippen LogP contribution in [0.1, 0.15) is 37.0 Å². The fourth-order valence-corrected chi connectivity index (χ4v) is 2.82. The van der Waals surface area contributed by atoms with E-state index in [0.717, 1.165) is 25.1 Å². The molecular weight excluding hydrogens is 260 g/mol. The van der Waals surface area contributed by atoms with Gasteiger partial charge in [0.25, 0.3) is 5.69 Å². The molecule has 1 aliphatic rings. The first-order valence-electron chi connectivity index (χ1n) is 6.68. The second kappa shape index (κ2) is 5.48. The van der Waals surface area contributed by atoms with E-state index >= 15 is 0 Å². The topological polar surface area (TPSA) is 83.7 Å². The van der Waals surface area contributed by atoms with E-state index in [9.17, 15) is 14.9 Å². The molecule has 1 fully saturated rings. The number of rotatable bonds is 3. The molecule has 1 N–H and O–H groups in total. The number of piperidine rings is 1.